The predicted molar refractivity (Wildman–Crippen MR) is 84.0 cm³/mol. The molecule has 0 aliphatic rings. The van der Waals surface area contributed by atoms with Crippen molar-refractivity contribution in [2.45, 2.75) is 13.5 Å². The van der Waals surface area contributed by atoms with Gasteiger partial charge in [0.2, 0.25) is 5.89 Å². The minimum atomic E-state index is 0.378. The molecule has 0 spiro atoms. The van der Waals surface area contributed by atoms with Gasteiger partial charge in [0.15, 0.2) is 0 Å². The summed E-state index contributed by atoms with van der Waals surface area (Å²) < 4.78 is 16.4. The van der Waals surface area contributed by atoms with Crippen molar-refractivity contribution in [2.75, 3.05) is 7.11 Å². The molecule has 0 saturated heterocycles. The molecule has 0 aliphatic heterocycles. The highest BCUT2D eigenvalue weighted by atomic mass is 16.5. The minimum Gasteiger partial charge on any atom is -0.497 e. The van der Waals surface area contributed by atoms with Gasteiger partial charge < -0.3 is 13.9 Å². The Labute approximate surface area is 129 Å². The van der Waals surface area contributed by atoms with E-state index in [0.29, 0.717) is 12.5 Å². The van der Waals surface area contributed by atoms with E-state index in [-0.39, 0.29) is 0 Å². The maximum atomic E-state index is 5.72. The number of oxazole rings is 1. The first-order chi connectivity index (χ1) is 10.7. The fraction of sp³-hybridized carbons (Fsp3) is 0.167. The molecule has 3 aromatic rings. The topological polar surface area (TPSA) is 44.5 Å². The first-order valence-corrected chi connectivity index (χ1v) is 7.03. The van der Waals surface area contributed by atoms with Crippen LogP contribution in [0.1, 0.15) is 11.3 Å². The van der Waals surface area contributed by atoms with Crippen LogP contribution >= 0.6 is 0 Å². The second kappa shape index (κ2) is 6.35. The smallest absolute Gasteiger partial charge is 0.226 e. The highest BCUT2D eigenvalue weighted by Crippen LogP contribution is 2.22. The number of ether oxygens (including phenoxy) is 2. The fourth-order valence-corrected chi connectivity index (χ4v) is 2.10. The zero-order chi connectivity index (χ0) is 15.4. The fourth-order valence-electron chi connectivity index (χ4n) is 2.10. The summed E-state index contributed by atoms with van der Waals surface area (Å²) >= 11 is 0. The molecule has 0 aliphatic carbocycles. The Bertz CT molecular complexity index is 747. The van der Waals surface area contributed by atoms with Gasteiger partial charge in [-0.1, -0.05) is 12.1 Å². The van der Waals surface area contributed by atoms with Crippen LogP contribution in [0.15, 0.2) is 59.2 Å². The lowest BCUT2D eigenvalue weighted by Gasteiger charge is -2.04. The number of hydrogen-bond donors (Lipinski definition) is 0. The summed E-state index contributed by atoms with van der Waals surface area (Å²) in [7, 11) is 1.64. The maximum Gasteiger partial charge on any atom is 0.226 e. The van der Waals surface area contributed by atoms with E-state index in [1.165, 1.54) is 0 Å². The second-order valence-electron chi connectivity index (χ2n) is 4.98. The molecule has 1 heterocycles. The molecule has 0 saturated carbocycles. The third-order valence-electron chi connectivity index (χ3n) is 3.26. The third kappa shape index (κ3) is 3.28. The monoisotopic (exact) mass is 295 g/mol. The van der Waals surface area contributed by atoms with Crippen molar-refractivity contribution in [1.82, 2.24) is 4.98 Å². The van der Waals surface area contributed by atoms with Crippen LogP contribution in [0, 0.1) is 6.92 Å². The van der Waals surface area contributed by atoms with Crippen LogP contribution in [0.25, 0.3) is 11.5 Å². The predicted octanol–water partition coefficient (Wildman–Crippen LogP) is 4.24. The molecule has 0 fully saturated rings. The van der Waals surface area contributed by atoms with Crippen molar-refractivity contribution in [3.8, 4) is 23.0 Å². The summed E-state index contributed by atoms with van der Waals surface area (Å²) in [6.07, 6.45) is 1.62. The van der Waals surface area contributed by atoms with E-state index in [1.54, 1.807) is 13.4 Å². The molecule has 0 radical (unpaired) electrons. The van der Waals surface area contributed by atoms with Crippen LogP contribution in [-0.4, -0.2) is 12.1 Å². The molecule has 0 bridgehead atoms. The van der Waals surface area contributed by atoms with Gasteiger partial charge in [0.25, 0.3) is 0 Å². The van der Waals surface area contributed by atoms with Gasteiger partial charge in [-0.2, -0.15) is 0 Å². The zero-order valence-electron chi connectivity index (χ0n) is 12.6. The Morgan fingerprint density at radius 3 is 2.59 bits per heavy atom. The summed E-state index contributed by atoms with van der Waals surface area (Å²) in [5.41, 5.74) is 2.83. The normalized spacial score (nSPS) is 10.5. The van der Waals surface area contributed by atoms with Crippen LogP contribution in [0.4, 0.5) is 0 Å². The first-order valence-electron chi connectivity index (χ1n) is 7.03. The summed E-state index contributed by atoms with van der Waals surface area (Å²) in [6, 6.07) is 15.5. The van der Waals surface area contributed by atoms with Crippen LogP contribution in [-0.2, 0) is 6.61 Å². The summed E-state index contributed by atoms with van der Waals surface area (Å²) in [4.78, 5) is 4.44. The highest BCUT2D eigenvalue weighted by Gasteiger charge is 2.07. The quantitative estimate of drug-likeness (QED) is 0.706. The molecule has 0 N–H and O–H groups in total. The molecular formula is C18H17NO3. The lowest BCUT2D eigenvalue weighted by atomic mass is 10.2. The molecule has 0 unspecified atom stereocenters. The van der Waals surface area contributed by atoms with E-state index in [2.05, 4.69) is 4.98 Å². The number of nitrogens with zero attached hydrogens (tertiary/aromatic N) is 1. The third-order valence-corrected chi connectivity index (χ3v) is 3.26. The van der Waals surface area contributed by atoms with Crippen molar-refractivity contribution in [3.05, 3.63) is 66.1 Å². The largest absolute Gasteiger partial charge is 0.497 e. The number of hydrogen-bond acceptors (Lipinski definition) is 4. The number of benzene rings is 2. The molecule has 2 aromatic carbocycles. The molecule has 1 aromatic heterocycles. The van der Waals surface area contributed by atoms with Crippen LogP contribution in [0.2, 0.25) is 0 Å². The van der Waals surface area contributed by atoms with Crippen LogP contribution in [0.5, 0.6) is 11.5 Å². The highest BCUT2D eigenvalue weighted by molar-refractivity contribution is 5.54. The molecule has 0 amide bonds. The van der Waals surface area contributed by atoms with Crippen LogP contribution < -0.4 is 9.47 Å². The minimum absolute atomic E-state index is 0.378. The van der Waals surface area contributed by atoms with Crippen molar-refractivity contribution in [1.29, 1.82) is 0 Å². The van der Waals surface area contributed by atoms with E-state index in [0.717, 1.165) is 28.3 Å². The Kier molecular flexibility index (Phi) is 4.10. The Morgan fingerprint density at radius 2 is 1.86 bits per heavy atom. The van der Waals surface area contributed by atoms with Gasteiger partial charge in [-0.15, -0.1) is 0 Å². The van der Waals surface area contributed by atoms with Crippen LogP contribution in [0.3, 0.4) is 0 Å². The Morgan fingerprint density at radius 1 is 1.05 bits per heavy atom. The number of aromatic nitrogens is 1. The van der Waals surface area contributed by atoms with E-state index >= 15 is 0 Å². The summed E-state index contributed by atoms with van der Waals surface area (Å²) in [5.74, 6) is 2.21. The van der Waals surface area contributed by atoms with Crippen molar-refractivity contribution in [3.63, 3.8) is 0 Å². The van der Waals surface area contributed by atoms with Gasteiger partial charge in [0, 0.05) is 5.56 Å². The summed E-state index contributed by atoms with van der Waals surface area (Å²) in [6.45, 7) is 2.41. The Hall–Kier alpha value is -2.75. The molecule has 4 nitrogen and oxygen atoms in total. The molecule has 22 heavy (non-hydrogen) atoms. The molecule has 112 valence electrons. The average Bonchev–Trinajstić information content (AvgIpc) is 3.02. The van der Waals surface area contributed by atoms with E-state index in [1.807, 2.05) is 55.5 Å². The lowest BCUT2D eigenvalue weighted by Crippen LogP contribution is -1.95. The van der Waals surface area contributed by atoms with E-state index in [9.17, 15) is 0 Å². The van der Waals surface area contributed by atoms with Gasteiger partial charge in [-0.3, -0.25) is 0 Å². The number of aryl methyl sites for hydroxylation is 1. The number of methoxy groups -OCH3 is 1. The van der Waals surface area contributed by atoms with E-state index < -0.39 is 0 Å². The number of rotatable bonds is 5. The SMILES string of the molecule is COc1ccc(-c2nc(COc3cccc(C)c3)co2)cc1. The molecular weight excluding hydrogens is 278 g/mol. The second-order valence-corrected chi connectivity index (χ2v) is 4.98. The molecule has 4 heteroatoms. The summed E-state index contributed by atoms with van der Waals surface area (Å²) in [5, 5.41) is 0. The van der Waals surface area contributed by atoms with Crippen molar-refractivity contribution in [2.24, 2.45) is 0 Å². The van der Waals surface area contributed by atoms with Crippen molar-refractivity contribution < 1.29 is 13.9 Å². The van der Waals surface area contributed by atoms with E-state index in [4.69, 9.17) is 13.9 Å². The first kappa shape index (κ1) is 14.2. The lowest BCUT2D eigenvalue weighted by molar-refractivity contribution is 0.301. The zero-order valence-corrected chi connectivity index (χ0v) is 12.6. The van der Waals surface area contributed by atoms with Gasteiger partial charge in [0.05, 0.1) is 7.11 Å². The van der Waals surface area contributed by atoms with Gasteiger partial charge in [0.1, 0.15) is 30.1 Å². The van der Waals surface area contributed by atoms with Gasteiger partial charge in [-0.05, 0) is 48.9 Å². The molecule has 3 rings (SSSR count). The Balaban J connectivity index is 1.68. The maximum absolute atomic E-state index is 5.72. The average molecular weight is 295 g/mol. The molecule has 0 atom stereocenters. The standard InChI is InChI=1S/C18H17NO3/c1-13-4-3-5-17(10-13)21-11-15-12-22-18(19-15)14-6-8-16(20-2)9-7-14/h3-10,12H,11H2,1-2H3. The van der Waals surface area contributed by atoms with Crippen molar-refractivity contribution >= 4 is 0 Å². The van der Waals surface area contributed by atoms with Gasteiger partial charge >= 0.3 is 0 Å². The van der Waals surface area contributed by atoms with Gasteiger partial charge in [-0.25, -0.2) is 4.98 Å².